The largest absolute Gasteiger partial charge is 0.497 e. The quantitative estimate of drug-likeness (QED) is 0.262. The highest BCUT2D eigenvalue weighted by Crippen LogP contribution is 2.49. The van der Waals surface area contributed by atoms with Gasteiger partial charge in [-0.2, -0.15) is 5.10 Å². The van der Waals surface area contributed by atoms with Gasteiger partial charge in [0.2, 0.25) is 11.7 Å². The van der Waals surface area contributed by atoms with Gasteiger partial charge in [0.25, 0.3) is 0 Å². The molecule has 0 bridgehead atoms. The second-order valence-corrected chi connectivity index (χ2v) is 10.1. The summed E-state index contributed by atoms with van der Waals surface area (Å²) in [6, 6.07) is 13.4. The summed E-state index contributed by atoms with van der Waals surface area (Å²) in [5, 5.41) is 24.3. The minimum absolute atomic E-state index is 0.0141. The Morgan fingerprint density at radius 1 is 1.20 bits per heavy atom. The van der Waals surface area contributed by atoms with Crippen LogP contribution in [0.1, 0.15) is 23.7 Å². The van der Waals surface area contributed by atoms with Crippen LogP contribution in [-0.4, -0.2) is 70.9 Å². The van der Waals surface area contributed by atoms with Crippen LogP contribution in [0.4, 0.5) is 23.1 Å². The molecule has 1 aliphatic carbocycles. The Morgan fingerprint density at radius 3 is 2.90 bits per heavy atom. The van der Waals surface area contributed by atoms with Gasteiger partial charge in [-0.25, -0.2) is 9.97 Å². The van der Waals surface area contributed by atoms with Gasteiger partial charge >= 0.3 is 0 Å². The fraction of sp³-hybridized carbons (Fsp3) is 0.357. The number of aromatic nitrogens is 4. The smallest absolute Gasteiger partial charge is 0.228 e. The minimum atomic E-state index is -0.255. The number of aromatic amines is 1. The summed E-state index contributed by atoms with van der Waals surface area (Å²) in [6.07, 6.45) is 0.873. The number of fused-ring (bicyclic) bond motifs is 4. The molecule has 2 aliphatic heterocycles. The molecule has 40 heavy (non-hydrogen) atoms. The van der Waals surface area contributed by atoms with Crippen molar-refractivity contribution in [3.05, 3.63) is 53.9 Å². The Balaban J connectivity index is 1.09. The van der Waals surface area contributed by atoms with Gasteiger partial charge in [0.05, 0.1) is 25.8 Å². The molecule has 2 aromatic heterocycles. The molecule has 3 aliphatic rings. The van der Waals surface area contributed by atoms with Crippen molar-refractivity contribution in [3.8, 4) is 11.5 Å². The average molecular weight is 544 g/mol. The number of amides is 1. The molecule has 4 heterocycles. The highest BCUT2D eigenvalue weighted by atomic mass is 16.6. The SMILES string of the molecule is COc1ccc(NC(=O)C2C[C@H]2c2ccc3c(Nc4nc(CCO)nc5c4OC4COCCN54)n[nH]c3c2)cc1. The van der Waals surface area contributed by atoms with Crippen LogP contribution < -0.4 is 25.0 Å². The van der Waals surface area contributed by atoms with Crippen molar-refractivity contribution in [2.24, 2.45) is 5.92 Å². The van der Waals surface area contributed by atoms with E-state index in [-0.39, 0.29) is 30.6 Å². The standard InChI is InChI=1S/C28H29N7O5/c1-38-17-5-3-16(4-6-17)29-28(37)20-13-19(20)15-2-7-18-21(12-15)33-34-25(18)32-26-24-27(31-22(30-26)8-10-36)35-9-11-39-14-23(35)40-24/h2-7,12,19-20,23,36H,8-11,13-14H2,1H3,(H,29,37)(H2,30,31,32,33,34)/t19-,20?,23?/m0/s1. The van der Waals surface area contributed by atoms with E-state index >= 15 is 0 Å². The zero-order chi connectivity index (χ0) is 27.2. The first-order chi connectivity index (χ1) is 19.6. The van der Waals surface area contributed by atoms with Crippen molar-refractivity contribution in [1.82, 2.24) is 20.2 Å². The number of carbonyl (C=O) groups excluding carboxylic acids is 1. The third-order valence-electron chi connectivity index (χ3n) is 7.58. The van der Waals surface area contributed by atoms with E-state index in [1.165, 1.54) is 0 Å². The summed E-state index contributed by atoms with van der Waals surface area (Å²) in [5.41, 5.74) is 2.70. The number of ether oxygens (including phenoxy) is 3. The lowest BCUT2D eigenvalue weighted by Gasteiger charge is -2.28. The number of carbonyl (C=O) groups is 1. The molecule has 2 fully saturated rings. The van der Waals surface area contributed by atoms with Gasteiger partial charge in [-0.05, 0) is 54.3 Å². The topological polar surface area (TPSA) is 147 Å². The van der Waals surface area contributed by atoms with E-state index in [0.29, 0.717) is 55.2 Å². The number of nitrogens with zero attached hydrogens (tertiary/aromatic N) is 4. The number of H-pyrrole nitrogens is 1. The number of hydrogen-bond donors (Lipinski definition) is 4. The van der Waals surface area contributed by atoms with Crippen molar-refractivity contribution in [2.45, 2.75) is 25.0 Å². The number of methoxy groups -OCH3 is 1. The summed E-state index contributed by atoms with van der Waals surface area (Å²) in [6.45, 7) is 1.65. The molecular weight excluding hydrogens is 514 g/mol. The molecule has 206 valence electrons. The molecule has 0 spiro atoms. The molecule has 2 aromatic carbocycles. The van der Waals surface area contributed by atoms with E-state index in [4.69, 9.17) is 14.2 Å². The van der Waals surface area contributed by atoms with E-state index in [9.17, 15) is 9.90 Å². The van der Waals surface area contributed by atoms with Gasteiger partial charge in [-0.3, -0.25) is 9.89 Å². The van der Waals surface area contributed by atoms with Crippen LogP contribution in [0.3, 0.4) is 0 Å². The van der Waals surface area contributed by atoms with Crippen molar-refractivity contribution in [1.29, 1.82) is 0 Å². The number of hydrogen-bond acceptors (Lipinski definition) is 10. The molecule has 1 saturated heterocycles. The minimum Gasteiger partial charge on any atom is -0.497 e. The van der Waals surface area contributed by atoms with Crippen molar-refractivity contribution < 1.29 is 24.1 Å². The van der Waals surface area contributed by atoms with Gasteiger partial charge < -0.3 is 34.9 Å². The molecule has 7 rings (SSSR count). The number of nitrogens with one attached hydrogen (secondary N) is 3. The van der Waals surface area contributed by atoms with Crippen molar-refractivity contribution >= 4 is 40.0 Å². The highest BCUT2D eigenvalue weighted by Gasteiger charge is 2.44. The Kier molecular flexibility index (Phi) is 6.13. The molecule has 2 unspecified atom stereocenters. The molecule has 12 nitrogen and oxygen atoms in total. The van der Waals surface area contributed by atoms with Crippen LogP contribution in [0.15, 0.2) is 42.5 Å². The summed E-state index contributed by atoms with van der Waals surface area (Å²) < 4.78 is 16.9. The van der Waals surface area contributed by atoms with Gasteiger partial charge in [0, 0.05) is 30.0 Å². The lowest BCUT2D eigenvalue weighted by Crippen LogP contribution is -2.45. The first kappa shape index (κ1) is 24.6. The third-order valence-corrected chi connectivity index (χ3v) is 7.58. The summed E-state index contributed by atoms with van der Waals surface area (Å²) in [4.78, 5) is 24.2. The van der Waals surface area contributed by atoms with E-state index in [1.807, 2.05) is 36.4 Å². The summed E-state index contributed by atoms with van der Waals surface area (Å²) >= 11 is 0. The zero-order valence-electron chi connectivity index (χ0n) is 21.9. The van der Waals surface area contributed by atoms with Crippen molar-refractivity contribution in [3.63, 3.8) is 0 Å². The molecule has 3 atom stereocenters. The van der Waals surface area contributed by atoms with Crippen LogP contribution in [0.25, 0.3) is 10.9 Å². The predicted octanol–water partition coefficient (Wildman–Crippen LogP) is 2.94. The fourth-order valence-corrected chi connectivity index (χ4v) is 5.38. The molecule has 4 N–H and O–H groups in total. The Labute approximate surface area is 229 Å². The van der Waals surface area contributed by atoms with E-state index in [1.54, 1.807) is 7.11 Å². The maximum atomic E-state index is 12.8. The highest BCUT2D eigenvalue weighted by molar-refractivity contribution is 5.96. The molecule has 0 radical (unpaired) electrons. The maximum absolute atomic E-state index is 12.8. The second-order valence-electron chi connectivity index (χ2n) is 10.1. The van der Waals surface area contributed by atoms with Crippen LogP contribution in [0, 0.1) is 5.92 Å². The molecule has 1 saturated carbocycles. The van der Waals surface area contributed by atoms with Crippen LogP contribution in [0.5, 0.6) is 11.5 Å². The molecule has 12 heteroatoms. The maximum Gasteiger partial charge on any atom is 0.228 e. The Hall–Kier alpha value is -4.42. The van der Waals surface area contributed by atoms with Gasteiger partial charge in [-0.1, -0.05) is 6.07 Å². The first-order valence-corrected chi connectivity index (χ1v) is 13.3. The monoisotopic (exact) mass is 543 g/mol. The zero-order valence-corrected chi connectivity index (χ0v) is 21.9. The van der Waals surface area contributed by atoms with Crippen molar-refractivity contribution in [2.75, 3.05) is 49.0 Å². The van der Waals surface area contributed by atoms with E-state index in [0.717, 1.165) is 34.3 Å². The number of anilines is 4. The van der Waals surface area contributed by atoms with E-state index in [2.05, 4.69) is 41.8 Å². The van der Waals surface area contributed by atoms with Crippen LogP contribution >= 0.6 is 0 Å². The normalized spacial score (nSPS) is 20.9. The van der Waals surface area contributed by atoms with Gasteiger partial charge in [0.1, 0.15) is 18.2 Å². The first-order valence-electron chi connectivity index (χ1n) is 13.3. The summed E-state index contributed by atoms with van der Waals surface area (Å²) in [5.74, 6) is 3.71. The van der Waals surface area contributed by atoms with Gasteiger partial charge in [0.15, 0.2) is 23.7 Å². The van der Waals surface area contributed by atoms with Gasteiger partial charge in [-0.15, -0.1) is 0 Å². The van der Waals surface area contributed by atoms with E-state index < -0.39 is 0 Å². The summed E-state index contributed by atoms with van der Waals surface area (Å²) in [7, 11) is 1.61. The van der Waals surface area contributed by atoms with Crippen LogP contribution in [-0.2, 0) is 16.0 Å². The molecule has 4 aromatic rings. The number of benzene rings is 2. The number of morpholine rings is 1. The Morgan fingerprint density at radius 2 is 2.08 bits per heavy atom. The average Bonchev–Trinajstić information content (AvgIpc) is 3.56. The molecular formula is C28H29N7O5. The lowest BCUT2D eigenvalue weighted by molar-refractivity contribution is -0.117. The Bertz CT molecular complexity index is 1570. The predicted molar refractivity (Wildman–Crippen MR) is 147 cm³/mol. The fourth-order valence-electron chi connectivity index (χ4n) is 5.38. The molecule has 1 amide bonds. The number of aliphatic hydroxyl groups is 1. The number of rotatable bonds is 8. The van der Waals surface area contributed by atoms with Crippen LogP contribution in [0.2, 0.25) is 0 Å². The second kappa shape index (κ2) is 9.96. The lowest BCUT2D eigenvalue weighted by atomic mass is 10.1. The third kappa shape index (κ3) is 4.44. The number of aliphatic hydroxyl groups excluding tert-OH is 1.